The number of carbonyl (C=O) groups is 4. The van der Waals surface area contributed by atoms with Crippen molar-refractivity contribution in [3.05, 3.63) is 118 Å². The van der Waals surface area contributed by atoms with Gasteiger partial charge in [-0.3, -0.25) is 33.7 Å². The maximum Gasteiger partial charge on any atom is 0.301 e. The first-order chi connectivity index (χ1) is 38.2. The molecule has 4 aliphatic heterocycles. The third-order valence-electron chi connectivity index (χ3n) is 15.8. The number of ketones is 1. The number of amides is 3. The summed E-state index contributed by atoms with van der Waals surface area (Å²) < 4.78 is 58.3. The Morgan fingerprint density at radius 2 is 1.61 bits per heavy atom. The van der Waals surface area contributed by atoms with Crippen LogP contribution in [0.15, 0.2) is 84.6 Å². The molecule has 3 aromatic carbocycles. The molecule has 0 bridgehead atoms. The first-order valence-corrected chi connectivity index (χ1v) is 29.7. The Bertz CT molecular complexity index is 3380. The van der Waals surface area contributed by atoms with Crippen LogP contribution in [0.3, 0.4) is 0 Å². The standard InChI is InChI=1S/C57H66ClF2N11O7S2/c1-34-52(79-33-64-34)37-7-5-35(6-8-37)27-63-55(75)47-26-42(72)31-71(47)56(76)53(57(2,3)4)65-48(73)32-67-18-16-41(17-19-67)69-23-21-68(22-24-69)40-11-9-36(10-12-40)38-25-43-44(29-62-54(43)61-28-38)51(74)49-45(60)13-14-46(50(49)58)66-80(77,78)70-20-15-39(59)30-70/h5-14,25,28-29,33,39,41-42,47,53,66,72H,15-24,26-27,30-32H2,1-4H3,(H,61,62)(H,63,75)(H,65,73)/t39-,42-,47+,53-/m1/s1. The van der Waals surface area contributed by atoms with Crippen LogP contribution in [0.5, 0.6) is 0 Å². The van der Waals surface area contributed by atoms with E-state index in [9.17, 15) is 37.1 Å². The number of aliphatic hydroxyl groups is 1. The number of nitrogens with one attached hydrogen (secondary N) is 4. The molecule has 0 spiro atoms. The average molecular weight is 1150 g/mol. The number of rotatable bonds is 16. The molecule has 0 aliphatic carbocycles. The highest BCUT2D eigenvalue weighted by Gasteiger charge is 2.45. The van der Waals surface area contributed by atoms with Crippen molar-refractivity contribution in [1.29, 1.82) is 0 Å². The van der Waals surface area contributed by atoms with Crippen molar-refractivity contribution >= 4 is 79.1 Å². The number of fused-ring (bicyclic) bond motifs is 1. The highest BCUT2D eigenvalue weighted by molar-refractivity contribution is 7.90. The fourth-order valence-corrected chi connectivity index (χ4v) is 13.7. The second-order valence-electron chi connectivity index (χ2n) is 22.3. The maximum atomic E-state index is 15.4. The molecule has 0 radical (unpaired) electrons. The van der Waals surface area contributed by atoms with Crippen molar-refractivity contribution in [2.45, 2.75) is 90.3 Å². The molecule has 6 aromatic rings. The highest BCUT2D eigenvalue weighted by atomic mass is 35.5. The molecular formula is C57H66ClF2N11O7S2. The van der Waals surface area contributed by atoms with Crippen LogP contribution in [0.25, 0.3) is 32.6 Å². The van der Waals surface area contributed by atoms with Crippen LogP contribution in [-0.4, -0.2) is 167 Å². The molecule has 4 fully saturated rings. The minimum absolute atomic E-state index is 0.000522. The number of alkyl halides is 1. The van der Waals surface area contributed by atoms with Crippen LogP contribution in [0.4, 0.5) is 20.2 Å². The number of H-pyrrole nitrogens is 1. The Morgan fingerprint density at radius 3 is 2.27 bits per heavy atom. The number of anilines is 2. The summed E-state index contributed by atoms with van der Waals surface area (Å²) in [6.07, 6.45) is 2.88. The van der Waals surface area contributed by atoms with E-state index in [1.807, 2.05) is 69.6 Å². The Kier molecular flexibility index (Phi) is 16.8. The summed E-state index contributed by atoms with van der Waals surface area (Å²) in [6.45, 7) is 12.5. The van der Waals surface area contributed by atoms with Gasteiger partial charge in [-0.2, -0.15) is 12.7 Å². The van der Waals surface area contributed by atoms with Gasteiger partial charge in [0.2, 0.25) is 17.7 Å². The number of nitrogens with zero attached hydrogens (tertiary/aromatic N) is 7. The van der Waals surface area contributed by atoms with Gasteiger partial charge in [0.05, 0.1) is 45.0 Å². The first kappa shape index (κ1) is 56.9. The number of aromatic amines is 1. The zero-order valence-electron chi connectivity index (χ0n) is 45.1. The molecule has 4 saturated heterocycles. The summed E-state index contributed by atoms with van der Waals surface area (Å²) in [5, 5.41) is 16.7. The quantitative estimate of drug-likeness (QED) is 0.0634. The van der Waals surface area contributed by atoms with Crippen molar-refractivity contribution in [3.63, 3.8) is 0 Å². The number of halogens is 3. The second-order valence-corrected chi connectivity index (χ2v) is 25.2. The molecule has 4 atom stereocenters. The summed E-state index contributed by atoms with van der Waals surface area (Å²) in [7, 11) is -4.22. The number of hydrogen-bond donors (Lipinski definition) is 5. The van der Waals surface area contributed by atoms with E-state index in [2.05, 4.69) is 57.1 Å². The van der Waals surface area contributed by atoms with E-state index in [4.69, 9.17) is 11.6 Å². The SMILES string of the molecule is Cc1ncsc1-c1ccc(CNC(=O)[C@@H]2C[C@@H](O)CN2C(=O)[C@@H](NC(=O)CN2CCC(N3CCN(c4ccc(-c5cnc6[nH]cc(C(=O)c7c(F)ccc(NS(=O)(=O)N8CC[C@@H](F)C8)c7Cl)c6c5)cc4)CC3)CC2)C(C)(C)C)cc1. The monoisotopic (exact) mass is 1150 g/mol. The van der Waals surface area contributed by atoms with E-state index in [-0.39, 0.29) is 68.6 Å². The Labute approximate surface area is 473 Å². The van der Waals surface area contributed by atoms with E-state index in [0.29, 0.717) is 22.6 Å². The maximum absolute atomic E-state index is 15.4. The minimum Gasteiger partial charge on any atom is -0.391 e. The second kappa shape index (κ2) is 23.6. The largest absolute Gasteiger partial charge is 0.391 e. The van der Waals surface area contributed by atoms with E-state index in [1.165, 1.54) is 11.1 Å². The number of aliphatic hydroxyl groups excluding tert-OH is 1. The minimum atomic E-state index is -4.22. The van der Waals surface area contributed by atoms with Crippen LogP contribution < -0.4 is 20.3 Å². The van der Waals surface area contributed by atoms with Crippen molar-refractivity contribution in [3.8, 4) is 21.6 Å². The lowest BCUT2D eigenvalue weighted by molar-refractivity contribution is -0.144. The van der Waals surface area contributed by atoms with Gasteiger partial charge >= 0.3 is 10.2 Å². The number of β-amino-alcohol motifs (C(OH)–C–C–N with tert-alkyl or cyclic N) is 1. The number of hydrogen-bond acceptors (Lipinski definition) is 13. The number of piperazine rings is 1. The number of aryl methyl sites for hydroxylation is 1. The Morgan fingerprint density at radius 1 is 0.900 bits per heavy atom. The zero-order chi connectivity index (χ0) is 56.6. The van der Waals surface area contributed by atoms with E-state index in [0.717, 1.165) is 101 Å². The van der Waals surface area contributed by atoms with Crippen molar-refractivity contribution < 1.29 is 41.5 Å². The molecule has 424 valence electrons. The molecule has 18 nitrogen and oxygen atoms in total. The number of likely N-dealkylation sites (tertiary alicyclic amines) is 2. The third-order valence-corrected chi connectivity index (χ3v) is 18.7. The lowest BCUT2D eigenvalue weighted by Gasteiger charge is -2.43. The van der Waals surface area contributed by atoms with Gasteiger partial charge in [-0.25, -0.2) is 18.7 Å². The molecule has 5 N–H and O–H groups in total. The molecule has 10 rings (SSSR count). The number of pyridine rings is 1. The van der Waals surface area contributed by atoms with E-state index >= 15 is 4.39 Å². The first-order valence-electron chi connectivity index (χ1n) is 27.0. The molecule has 80 heavy (non-hydrogen) atoms. The van der Waals surface area contributed by atoms with Crippen LogP contribution >= 0.6 is 22.9 Å². The summed E-state index contributed by atoms with van der Waals surface area (Å²) >= 11 is 8.10. The molecule has 23 heteroatoms. The van der Waals surface area contributed by atoms with Gasteiger partial charge in [0.25, 0.3) is 0 Å². The summed E-state index contributed by atoms with van der Waals surface area (Å²) in [6, 6.07) is 18.4. The van der Waals surface area contributed by atoms with Gasteiger partial charge in [-0.05, 0) is 78.6 Å². The van der Waals surface area contributed by atoms with Gasteiger partial charge in [0.1, 0.15) is 29.7 Å². The number of thiazole rings is 1. The zero-order valence-corrected chi connectivity index (χ0v) is 47.4. The van der Waals surface area contributed by atoms with Gasteiger partial charge in [-0.1, -0.05) is 68.8 Å². The van der Waals surface area contributed by atoms with Crippen LogP contribution in [0, 0.1) is 18.2 Å². The summed E-state index contributed by atoms with van der Waals surface area (Å²) in [5.74, 6) is -2.73. The van der Waals surface area contributed by atoms with Gasteiger partial charge in [0, 0.05) is 113 Å². The number of aromatic nitrogens is 3. The molecule has 7 heterocycles. The van der Waals surface area contributed by atoms with Crippen LogP contribution in [0.1, 0.15) is 73.6 Å². The fourth-order valence-electron chi connectivity index (χ4n) is 11.3. The highest BCUT2D eigenvalue weighted by Crippen LogP contribution is 2.35. The van der Waals surface area contributed by atoms with Crippen molar-refractivity contribution in [2.75, 3.05) is 75.1 Å². The molecule has 0 saturated carbocycles. The lowest BCUT2D eigenvalue weighted by Crippen LogP contribution is -2.59. The number of carbonyl (C=O) groups excluding carboxylic acids is 4. The van der Waals surface area contributed by atoms with Crippen molar-refractivity contribution in [1.82, 2.24) is 44.6 Å². The normalized spacial score (nSPS) is 20.3. The molecular weight excluding hydrogens is 1090 g/mol. The van der Waals surface area contributed by atoms with Crippen molar-refractivity contribution in [2.24, 2.45) is 5.41 Å². The lowest BCUT2D eigenvalue weighted by atomic mass is 9.85. The smallest absolute Gasteiger partial charge is 0.301 e. The van der Waals surface area contributed by atoms with Gasteiger partial charge in [0.15, 0.2) is 5.78 Å². The molecule has 3 amide bonds. The Balaban J connectivity index is 0.693. The molecule has 3 aromatic heterocycles. The van der Waals surface area contributed by atoms with Crippen LogP contribution in [-0.2, 0) is 31.1 Å². The predicted octanol–water partition coefficient (Wildman–Crippen LogP) is 6.78. The number of benzene rings is 3. The molecule has 0 unspecified atom stereocenters. The topological polar surface area (TPSA) is 217 Å². The van der Waals surface area contributed by atoms with Crippen LogP contribution in [0.2, 0.25) is 5.02 Å². The number of piperidine rings is 1. The van der Waals surface area contributed by atoms with E-state index in [1.54, 1.807) is 23.6 Å². The average Bonchev–Trinajstić information content (AvgIpc) is 4.28. The molecule has 4 aliphatic rings. The third kappa shape index (κ3) is 12.4. The Hall–Kier alpha value is -6.40. The summed E-state index contributed by atoms with van der Waals surface area (Å²) in [5.41, 5.74) is 6.42. The van der Waals surface area contributed by atoms with Gasteiger partial charge in [-0.15, -0.1) is 11.3 Å². The van der Waals surface area contributed by atoms with Gasteiger partial charge < -0.3 is 30.5 Å². The van der Waals surface area contributed by atoms with E-state index < -0.39 is 68.1 Å². The fraction of sp³-hybridized carbons (Fsp3) is 0.439. The predicted molar refractivity (Wildman–Crippen MR) is 305 cm³/mol. The summed E-state index contributed by atoms with van der Waals surface area (Å²) in [4.78, 5) is 76.9.